The van der Waals surface area contributed by atoms with Gasteiger partial charge in [-0.15, -0.1) is 10.1 Å². The maximum atomic E-state index is 8.36. The molecule has 0 aromatic carbocycles. The van der Waals surface area contributed by atoms with E-state index in [0.717, 1.165) is 0 Å². The fourth-order valence-corrected chi connectivity index (χ4v) is 0. The summed E-state index contributed by atoms with van der Waals surface area (Å²) in [7, 11) is 0. The van der Waals surface area contributed by atoms with Crippen molar-refractivity contribution in [3.8, 4) is 0 Å². The maximum absolute atomic E-state index is 8.36. The van der Waals surface area contributed by atoms with Gasteiger partial charge in [-0.2, -0.15) is 0 Å². The normalized spacial score (nSPS) is 4.29. The van der Waals surface area contributed by atoms with E-state index in [1.165, 1.54) is 0 Å². The topological polar surface area (TPSA) is 184 Å². The van der Waals surface area contributed by atoms with E-state index in [2.05, 4.69) is 0 Å². The zero-order valence-electron chi connectivity index (χ0n) is 6.47. The van der Waals surface area contributed by atoms with Gasteiger partial charge in [0.1, 0.15) is 0 Å². The fraction of sp³-hybridized carbons (Fsp3) is 0. The summed E-state index contributed by atoms with van der Waals surface area (Å²) in [6.45, 7) is -1.50. The maximum Gasteiger partial charge on any atom is 3.00 e. The van der Waals surface area contributed by atoms with Gasteiger partial charge in [0.15, 0.2) is 0 Å². The first-order chi connectivity index (χ1) is 5.97. The molecule has 0 bridgehead atoms. The van der Waals surface area contributed by atoms with Crippen LogP contribution in [0.4, 0.5) is 0 Å². The second kappa shape index (κ2) is 59.7. The summed E-state index contributed by atoms with van der Waals surface area (Å²) in [4.78, 5) is 33.1. The third-order valence-corrected chi connectivity index (χ3v) is 0. The Labute approximate surface area is 105 Å². The number of hydrogen-bond acceptors (Lipinski definition) is 8. The second-order valence-electron chi connectivity index (χ2n) is 0.527. The predicted octanol–water partition coefficient (Wildman–Crippen LogP) is -5.25. The van der Waals surface area contributed by atoms with Gasteiger partial charge in [0, 0.05) is 19.4 Å². The summed E-state index contributed by atoms with van der Waals surface area (Å²) in [5.74, 6) is 0. The van der Waals surface area contributed by atoms with Crippen LogP contribution >= 0.6 is 0 Å². The van der Waals surface area contributed by atoms with Gasteiger partial charge in [0.2, 0.25) is 0 Å². The van der Waals surface area contributed by atoms with Crippen molar-refractivity contribution in [2.75, 3.05) is 0 Å². The first kappa shape index (κ1) is 29.3. The average molecular weight is 337 g/mol. The third kappa shape index (κ3) is 727. The molecule has 0 rings (SSSR count). The molecule has 0 fully saturated rings. The van der Waals surface area contributed by atoms with Crippen LogP contribution < -0.4 is 15.3 Å². The van der Waals surface area contributed by atoms with Gasteiger partial charge in [0.05, 0.1) is 0 Å². The fourth-order valence-electron chi connectivity index (χ4n) is 0. The molecular weight excluding hydrogens is 333 g/mol. The summed E-state index contributed by atoms with van der Waals surface area (Å²) < 4.78 is 0. The van der Waals surface area contributed by atoms with Crippen molar-refractivity contribution < 1.29 is 75.6 Å². The molecule has 0 aliphatic carbocycles. The van der Waals surface area contributed by atoms with E-state index in [0.29, 0.717) is 0 Å². The average Bonchev–Trinajstić information content (AvgIpc) is 1.88. The van der Waals surface area contributed by atoms with Gasteiger partial charge in [-0.25, -0.2) is 0 Å². The largest absolute Gasteiger partial charge is 3.00 e. The van der Waals surface area contributed by atoms with E-state index >= 15 is 0 Å². The summed E-state index contributed by atoms with van der Waals surface area (Å²) in [5, 5.41) is 38.4. The standard InChI is InChI=1S/3CH2O2.La.HNO3/c3*2-1-3;;2-1(3)4/h3*1H,(H,2,3);;(H,2,3,4)/q;;;+3;/p-3. The molecule has 10 nitrogen and oxygen atoms in total. The molecule has 14 heavy (non-hydrogen) atoms. The molecule has 0 unspecified atom stereocenters. The zero-order chi connectivity index (χ0) is 11.7. The molecular formula is C3H4LaNO9. The van der Waals surface area contributed by atoms with Crippen LogP contribution in [0, 0.1) is 45.7 Å². The van der Waals surface area contributed by atoms with Crippen LogP contribution in [0.25, 0.3) is 0 Å². The quantitative estimate of drug-likeness (QED) is 0.256. The Balaban J connectivity index is -0.0000000254. The summed E-state index contributed by atoms with van der Waals surface area (Å²) >= 11 is 0. The Morgan fingerprint density at radius 3 is 0.929 bits per heavy atom. The zero-order valence-corrected chi connectivity index (χ0v) is 10.1. The molecule has 0 aromatic rings. The minimum Gasteiger partial charge on any atom is -0.554 e. The van der Waals surface area contributed by atoms with Crippen molar-refractivity contribution in [1.82, 2.24) is 0 Å². The SMILES string of the molecule is O=C[O-].O=C[O-].O=C[O-].O=[N+]([O-])O.[La+3]. The van der Waals surface area contributed by atoms with Crippen LogP contribution in [0.2, 0.25) is 0 Å². The molecule has 0 heterocycles. The molecule has 0 aromatic heterocycles. The Morgan fingerprint density at radius 2 is 0.929 bits per heavy atom. The van der Waals surface area contributed by atoms with Crippen LogP contribution in [0.3, 0.4) is 0 Å². The minimum atomic E-state index is -1.50. The van der Waals surface area contributed by atoms with E-state index < -0.39 is 24.5 Å². The summed E-state index contributed by atoms with van der Waals surface area (Å²) in [6.07, 6.45) is 0. The van der Waals surface area contributed by atoms with Crippen LogP contribution in [0.5, 0.6) is 0 Å². The van der Waals surface area contributed by atoms with Crippen LogP contribution in [-0.2, 0) is 14.4 Å². The molecule has 0 aliphatic rings. The van der Waals surface area contributed by atoms with Gasteiger partial charge < -0.3 is 34.9 Å². The van der Waals surface area contributed by atoms with Gasteiger partial charge >= 0.3 is 35.6 Å². The molecule has 0 radical (unpaired) electrons. The van der Waals surface area contributed by atoms with Gasteiger partial charge in [-0.05, 0) is 0 Å². The second-order valence-corrected chi connectivity index (χ2v) is 0.527. The Morgan fingerprint density at radius 1 is 0.929 bits per heavy atom. The molecule has 0 spiro atoms. The monoisotopic (exact) mass is 337 g/mol. The summed E-state index contributed by atoms with van der Waals surface area (Å²) in [5.41, 5.74) is 0. The van der Waals surface area contributed by atoms with Crippen molar-refractivity contribution in [1.29, 1.82) is 0 Å². The molecule has 0 amide bonds. The Bertz CT molecular complexity index is 109. The molecule has 0 aliphatic heterocycles. The van der Waals surface area contributed by atoms with E-state index in [1.807, 2.05) is 0 Å². The molecule has 11 heteroatoms. The number of carboxylic acid groups (broad SMARTS) is 3. The van der Waals surface area contributed by atoms with Gasteiger partial charge in [-0.3, -0.25) is 0 Å². The molecule has 0 atom stereocenters. The van der Waals surface area contributed by atoms with Crippen LogP contribution in [0.15, 0.2) is 0 Å². The summed E-state index contributed by atoms with van der Waals surface area (Å²) in [6, 6.07) is 0. The van der Waals surface area contributed by atoms with Crippen molar-refractivity contribution in [2.24, 2.45) is 0 Å². The van der Waals surface area contributed by atoms with Crippen molar-refractivity contribution >= 4 is 19.4 Å². The molecule has 1 N–H and O–H groups in total. The van der Waals surface area contributed by atoms with Crippen molar-refractivity contribution in [2.45, 2.75) is 0 Å². The number of carbonyl (C=O) groups excluding carboxylic acids is 3. The van der Waals surface area contributed by atoms with E-state index in [4.69, 9.17) is 45.0 Å². The number of hydrogen-bond donors (Lipinski definition) is 1. The third-order valence-electron chi connectivity index (χ3n) is 0. The smallest absolute Gasteiger partial charge is 0.554 e. The number of carbonyl (C=O) groups is 3. The minimum absolute atomic E-state index is 0. The number of rotatable bonds is 0. The Hall–Kier alpha value is -1.20. The van der Waals surface area contributed by atoms with Gasteiger partial charge in [0.25, 0.3) is 5.09 Å². The molecule has 0 saturated carbocycles. The van der Waals surface area contributed by atoms with Crippen LogP contribution in [-0.4, -0.2) is 29.7 Å². The first-order valence-corrected chi connectivity index (χ1v) is 1.98. The van der Waals surface area contributed by atoms with Crippen LogP contribution in [0.1, 0.15) is 0 Å². The van der Waals surface area contributed by atoms with Gasteiger partial charge in [-0.1, -0.05) is 0 Å². The van der Waals surface area contributed by atoms with Crippen molar-refractivity contribution in [3.63, 3.8) is 0 Å². The van der Waals surface area contributed by atoms with E-state index in [9.17, 15) is 0 Å². The van der Waals surface area contributed by atoms with E-state index in [1.54, 1.807) is 0 Å². The van der Waals surface area contributed by atoms with Crippen molar-refractivity contribution in [3.05, 3.63) is 10.1 Å². The van der Waals surface area contributed by atoms with E-state index in [-0.39, 0.29) is 35.6 Å². The number of nitrogens with zero attached hydrogens (tertiary/aromatic N) is 1. The predicted molar refractivity (Wildman–Crippen MR) is 27.0 cm³/mol. The molecule has 0 saturated heterocycles. The molecule has 78 valence electrons. The first-order valence-electron chi connectivity index (χ1n) is 1.98. The Kier molecular flexibility index (Phi) is 125.